The molecule has 2 heterocycles. The number of anilines is 1. The number of rotatable bonds is 2. The predicted octanol–water partition coefficient (Wildman–Crippen LogP) is 2.20. The third kappa shape index (κ3) is 2.49. The van der Waals surface area contributed by atoms with E-state index in [0.29, 0.717) is 6.10 Å². The number of alkyl halides is 1. The molecule has 1 atom stereocenters. The number of pyridine rings is 1. The molecule has 1 aliphatic heterocycles. The van der Waals surface area contributed by atoms with Gasteiger partial charge in [-0.15, -0.1) is 0 Å². The fraction of sp³-hybridized carbons (Fsp3) is 0.545. The van der Waals surface area contributed by atoms with Gasteiger partial charge in [-0.05, 0) is 13.0 Å². The van der Waals surface area contributed by atoms with Gasteiger partial charge in [0, 0.05) is 30.2 Å². The van der Waals surface area contributed by atoms with Crippen LogP contribution >= 0.6 is 15.9 Å². The van der Waals surface area contributed by atoms with E-state index in [1.54, 1.807) is 0 Å². The molecule has 0 N–H and O–H groups in total. The van der Waals surface area contributed by atoms with Gasteiger partial charge in [0.2, 0.25) is 0 Å². The maximum Gasteiger partial charge on any atom is 0.132 e. The summed E-state index contributed by atoms with van der Waals surface area (Å²) in [5, 5.41) is 0.849. The van der Waals surface area contributed by atoms with Crippen molar-refractivity contribution in [3.63, 3.8) is 0 Å². The average Bonchev–Trinajstić information content (AvgIpc) is 2.29. The Morgan fingerprint density at radius 2 is 2.53 bits per heavy atom. The van der Waals surface area contributed by atoms with Crippen molar-refractivity contribution in [3.05, 3.63) is 23.9 Å². The fourth-order valence-corrected chi connectivity index (χ4v) is 2.27. The van der Waals surface area contributed by atoms with Crippen LogP contribution in [-0.4, -0.2) is 30.8 Å². The van der Waals surface area contributed by atoms with E-state index >= 15 is 0 Å². The van der Waals surface area contributed by atoms with E-state index in [9.17, 15) is 0 Å². The third-order valence-electron chi connectivity index (χ3n) is 2.55. The number of halogens is 1. The molecule has 0 spiro atoms. The molecule has 1 aromatic heterocycles. The van der Waals surface area contributed by atoms with E-state index < -0.39 is 0 Å². The highest BCUT2D eigenvalue weighted by Gasteiger charge is 2.19. The van der Waals surface area contributed by atoms with Gasteiger partial charge in [-0.25, -0.2) is 4.98 Å². The predicted molar refractivity (Wildman–Crippen MR) is 64.5 cm³/mol. The molecule has 2 rings (SSSR count). The van der Waals surface area contributed by atoms with Crippen molar-refractivity contribution in [2.24, 2.45) is 0 Å². The molecule has 0 amide bonds. The summed E-state index contributed by atoms with van der Waals surface area (Å²) in [7, 11) is 0. The first-order valence-electron chi connectivity index (χ1n) is 5.17. The highest BCUT2D eigenvalue weighted by atomic mass is 79.9. The van der Waals surface area contributed by atoms with E-state index in [4.69, 9.17) is 4.74 Å². The highest BCUT2D eigenvalue weighted by Crippen LogP contribution is 2.21. The van der Waals surface area contributed by atoms with Crippen LogP contribution in [0.25, 0.3) is 0 Å². The van der Waals surface area contributed by atoms with Crippen molar-refractivity contribution < 1.29 is 4.74 Å². The highest BCUT2D eigenvalue weighted by molar-refractivity contribution is 9.08. The second kappa shape index (κ2) is 4.94. The van der Waals surface area contributed by atoms with E-state index in [0.717, 1.165) is 30.8 Å². The zero-order chi connectivity index (χ0) is 10.7. The summed E-state index contributed by atoms with van der Waals surface area (Å²) >= 11 is 3.49. The third-order valence-corrected chi connectivity index (χ3v) is 3.16. The summed E-state index contributed by atoms with van der Waals surface area (Å²) < 4.78 is 5.52. The van der Waals surface area contributed by atoms with Gasteiger partial charge < -0.3 is 9.64 Å². The average molecular weight is 271 g/mol. The molecular weight excluding hydrogens is 256 g/mol. The van der Waals surface area contributed by atoms with Crippen molar-refractivity contribution in [2.75, 3.05) is 24.6 Å². The van der Waals surface area contributed by atoms with Crippen LogP contribution < -0.4 is 4.90 Å². The Hall–Kier alpha value is -0.610. The van der Waals surface area contributed by atoms with E-state index in [-0.39, 0.29) is 0 Å². The molecule has 4 heteroatoms. The molecular formula is C11H15BrN2O. The summed E-state index contributed by atoms with van der Waals surface area (Å²) in [6, 6.07) is 4.08. The van der Waals surface area contributed by atoms with Gasteiger partial charge in [0.05, 0.1) is 12.7 Å². The van der Waals surface area contributed by atoms with Crippen LogP contribution in [-0.2, 0) is 10.1 Å². The van der Waals surface area contributed by atoms with Gasteiger partial charge in [0.15, 0.2) is 0 Å². The van der Waals surface area contributed by atoms with Crippen LogP contribution in [0.3, 0.4) is 0 Å². The van der Waals surface area contributed by atoms with Gasteiger partial charge in [-0.3, -0.25) is 0 Å². The minimum Gasteiger partial charge on any atom is -0.375 e. The molecule has 1 fully saturated rings. The number of hydrogen-bond acceptors (Lipinski definition) is 3. The maximum atomic E-state index is 5.52. The molecule has 82 valence electrons. The number of ether oxygens (including phenoxy) is 1. The number of hydrogen-bond donors (Lipinski definition) is 0. The smallest absolute Gasteiger partial charge is 0.132 e. The van der Waals surface area contributed by atoms with Crippen molar-refractivity contribution in [2.45, 2.75) is 18.4 Å². The molecule has 0 bridgehead atoms. The minimum absolute atomic E-state index is 0.295. The van der Waals surface area contributed by atoms with Gasteiger partial charge in [-0.1, -0.05) is 22.0 Å². The Kier molecular flexibility index (Phi) is 3.59. The lowest BCUT2D eigenvalue weighted by Gasteiger charge is -2.33. The van der Waals surface area contributed by atoms with Crippen LogP contribution in [0.1, 0.15) is 12.5 Å². The molecule has 1 aromatic rings. The lowest BCUT2D eigenvalue weighted by Crippen LogP contribution is -2.41. The Bertz CT molecular complexity index is 332. The first kappa shape index (κ1) is 10.9. The molecule has 1 aliphatic rings. The Labute approximate surface area is 98.6 Å². The van der Waals surface area contributed by atoms with Crippen LogP contribution in [0.15, 0.2) is 18.3 Å². The normalized spacial score (nSPS) is 21.7. The molecule has 0 saturated carbocycles. The molecule has 0 aromatic carbocycles. The van der Waals surface area contributed by atoms with E-state index in [1.807, 2.05) is 12.3 Å². The molecule has 1 unspecified atom stereocenters. The second-order valence-electron chi connectivity index (χ2n) is 3.75. The van der Waals surface area contributed by atoms with Crippen LogP contribution in [0, 0.1) is 0 Å². The summed E-state index contributed by atoms with van der Waals surface area (Å²) in [6.45, 7) is 4.75. The van der Waals surface area contributed by atoms with Gasteiger partial charge in [-0.2, -0.15) is 0 Å². The molecule has 15 heavy (non-hydrogen) atoms. The fourth-order valence-electron chi connectivity index (χ4n) is 1.83. The van der Waals surface area contributed by atoms with Crippen molar-refractivity contribution >= 4 is 21.7 Å². The van der Waals surface area contributed by atoms with E-state index in [1.165, 1.54) is 5.56 Å². The Balaban J connectivity index is 2.20. The lowest BCUT2D eigenvalue weighted by atomic mass is 10.2. The second-order valence-corrected chi connectivity index (χ2v) is 4.31. The lowest BCUT2D eigenvalue weighted by molar-refractivity contribution is 0.0529. The summed E-state index contributed by atoms with van der Waals surface area (Å²) in [6.07, 6.45) is 2.14. The maximum absolute atomic E-state index is 5.52. The van der Waals surface area contributed by atoms with Gasteiger partial charge in [0.25, 0.3) is 0 Å². The van der Waals surface area contributed by atoms with Crippen LogP contribution in [0.5, 0.6) is 0 Å². The number of morpholine rings is 1. The van der Waals surface area contributed by atoms with Gasteiger partial charge >= 0.3 is 0 Å². The monoisotopic (exact) mass is 270 g/mol. The Morgan fingerprint density at radius 1 is 1.67 bits per heavy atom. The number of nitrogens with zero attached hydrogens (tertiary/aromatic N) is 2. The van der Waals surface area contributed by atoms with Crippen molar-refractivity contribution in [3.8, 4) is 0 Å². The topological polar surface area (TPSA) is 25.4 Å². The van der Waals surface area contributed by atoms with Gasteiger partial charge in [0.1, 0.15) is 5.82 Å². The first-order chi connectivity index (χ1) is 7.31. The summed E-state index contributed by atoms with van der Waals surface area (Å²) in [5.74, 6) is 1.09. The quantitative estimate of drug-likeness (QED) is 0.771. The molecule has 0 radical (unpaired) electrons. The zero-order valence-electron chi connectivity index (χ0n) is 8.82. The van der Waals surface area contributed by atoms with E-state index in [2.05, 4.69) is 38.8 Å². The standard InChI is InChI=1S/C11H15BrN2O/c1-9-8-14(5-6-15-9)11-10(7-12)3-2-4-13-11/h2-4,9H,5-8H2,1H3. The minimum atomic E-state index is 0.295. The molecule has 0 aliphatic carbocycles. The zero-order valence-corrected chi connectivity index (χ0v) is 10.4. The SMILES string of the molecule is CC1CN(c2ncccc2CBr)CCO1. The molecule has 1 saturated heterocycles. The van der Waals surface area contributed by atoms with Crippen molar-refractivity contribution in [1.29, 1.82) is 0 Å². The first-order valence-corrected chi connectivity index (χ1v) is 6.30. The summed E-state index contributed by atoms with van der Waals surface area (Å²) in [4.78, 5) is 6.74. The summed E-state index contributed by atoms with van der Waals surface area (Å²) in [5.41, 5.74) is 1.24. The van der Waals surface area contributed by atoms with Crippen LogP contribution in [0.2, 0.25) is 0 Å². The van der Waals surface area contributed by atoms with Crippen molar-refractivity contribution in [1.82, 2.24) is 4.98 Å². The van der Waals surface area contributed by atoms with Crippen LogP contribution in [0.4, 0.5) is 5.82 Å². The molecule has 3 nitrogen and oxygen atoms in total. The Morgan fingerprint density at radius 3 is 3.27 bits per heavy atom. The number of aromatic nitrogens is 1. The largest absolute Gasteiger partial charge is 0.375 e.